The number of nitrogens with zero attached hydrogens (tertiary/aromatic N) is 2. The molecule has 1 aromatic heterocycles. The fourth-order valence-electron chi connectivity index (χ4n) is 4.41. The number of amides is 2. The highest BCUT2D eigenvalue weighted by Crippen LogP contribution is 2.52. The molecule has 13 heteroatoms. The number of carbonyl (C=O) groups excluding carboxylic acids is 2. The Morgan fingerprint density at radius 3 is 2.70 bits per heavy atom. The van der Waals surface area contributed by atoms with Gasteiger partial charge in [-0.2, -0.15) is 0 Å². The molecule has 4 rings (SSSR count). The lowest BCUT2D eigenvalue weighted by atomic mass is 10.0. The molecule has 214 valence electrons. The number of thioether (sulfide) groups is 1. The number of hydrogen-bond acceptors (Lipinski definition) is 8. The SMILES string of the molecule is CCC(C)OP(=O)(O)CNC(=O)CCSC1c2c(c(O)c3ncccc3c2OC)C(=O)N1Cc1ccc(F)cc1. The molecule has 0 spiro atoms. The van der Waals surface area contributed by atoms with Crippen LogP contribution in [0.3, 0.4) is 0 Å². The predicted octanol–water partition coefficient (Wildman–Crippen LogP) is 4.94. The van der Waals surface area contributed by atoms with Crippen LogP contribution < -0.4 is 10.1 Å². The van der Waals surface area contributed by atoms with E-state index in [1.54, 1.807) is 31.2 Å². The van der Waals surface area contributed by atoms with Gasteiger partial charge in [0.05, 0.1) is 18.8 Å². The molecule has 40 heavy (non-hydrogen) atoms. The number of ether oxygens (including phenoxy) is 1. The molecule has 3 N–H and O–H groups in total. The van der Waals surface area contributed by atoms with Crippen molar-refractivity contribution in [3.63, 3.8) is 0 Å². The van der Waals surface area contributed by atoms with E-state index in [1.165, 1.54) is 42.1 Å². The molecule has 0 bridgehead atoms. The number of methoxy groups -OCH3 is 1. The van der Waals surface area contributed by atoms with Gasteiger partial charge in [-0.05, 0) is 43.2 Å². The van der Waals surface area contributed by atoms with Gasteiger partial charge in [-0.15, -0.1) is 11.8 Å². The molecule has 3 unspecified atom stereocenters. The minimum atomic E-state index is -3.98. The summed E-state index contributed by atoms with van der Waals surface area (Å²) >= 11 is 1.28. The van der Waals surface area contributed by atoms with Crippen LogP contribution in [0, 0.1) is 5.82 Å². The maximum Gasteiger partial charge on any atom is 0.347 e. The first-order chi connectivity index (χ1) is 19.1. The Hall–Kier alpha value is -3.18. The van der Waals surface area contributed by atoms with E-state index in [9.17, 15) is 28.5 Å². The number of halogens is 1. The van der Waals surface area contributed by atoms with E-state index in [0.717, 1.165) is 0 Å². The molecule has 3 atom stereocenters. The monoisotopic (exact) mass is 591 g/mol. The van der Waals surface area contributed by atoms with E-state index >= 15 is 0 Å². The van der Waals surface area contributed by atoms with Gasteiger partial charge >= 0.3 is 7.60 Å². The number of phenols is 1. The number of carbonyl (C=O) groups is 2. The predicted molar refractivity (Wildman–Crippen MR) is 150 cm³/mol. The number of hydrogen-bond donors (Lipinski definition) is 3. The van der Waals surface area contributed by atoms with Gasteiger partial charge in [-0.1, -0.05) is 19.1 Å². The first kappa shape index (κ1) is 29.8. The Morgan fingerprint density at radius 2 is 2.02 bits per heavy atom. The van der Waals surface area contributed by atoms with Crippen molar-refractivity contribution in [2.24, 2.45) is 0 Å². The van der Waals surface area contributed by atoms with Crippen molar-refractivity contribution in [1.82, 2.24) is 15.2 Å². The Balaban J connectivity index is 1.58. The number of rotatable bonds is 12. The number of pyridine rings is 1. The summed E-state index contributed by atoms with van der Waals surface area (Å²) in [6.07, 6.45) is 1.11. The van der Waals surface area contributed by atoms with Crippen LogP contribution in [0.1, 0.15) is 53.5 Å². The summed E-state index contributed by atoms with van der Waals surface area (Å²) in [4.78, 5) is 41.9. The van der Waals surface area contributed by atoms with Gasteiger partial charge in [0, 0.05) is 35.9 Å². The summed E-state index contributed by atoms with van der Waals surface area (Å²) in [6, 6.07) is 9.18. The highest BCUT2D eigenvalue weighted by atomic mass is 32.2. The number of benzene rings is 2. The molecule has 1 aliphatic heterocycles. The van der Waals surface area contributed by atoms with Gasteiger partial charge in [0.2, 0.25) is 5.91 Å². The van der Waals surface area contributed by atoms with Crippen molar-refractivity contribution in [3.8, 4) is 11.5 Å². The van der Waals surface area contributed by atoms with Crippen LogP contribution in [0.2, 0.25) is 0 Å². The van der Waals surface area contributed by atoms with E-state index in [0.29, 0.717) is 28.7 Å². The lowest BCUT2D eigenvalue weighted by molar-refractivity contribution is -0.120. The van der Waals surface area contributed by atoms with Crippen molar-refractivity contribution in [1.29, 1.82) is 0 Å². The van der Waals surface area contributed by atoms with Gasteiger partial charge in [-0.25, -0.2) is 4.39 Å². The van der Waals surface area contributed by atoms with E-state index in [1.807, 2.05) is 6.92 Å². The molecular formula is C27H31FN3O7PS. The number of nitrogens with one attached hydrogen (secondary N) is 1. The molecule has 0 saturated carbocycles. The van der Waals surface area contributed by atoms with Crippen LogP contribution in [-0.2, 0) is 20.4 Å². The third kappa shape index (κ3) is 6.41. The van der Waals surface area contributed by atoms with E-state index in [4.69, 9.17) is 9.26 Å². The maximum atomic E-state index is 13.7. The minimum Gasteiger partial charge on any atom is -0.505 e. The summed E-state index contributed by atoms with van der Waals surface area (Å²) in [6.45, 7) is 3.61. The lowest BCUT2D eigenvalue weighted by Crippen LogP contribution is -2.28. The normalized spacial score (nSPS) is 17.0. The van der Waals surface area contributed by atoms with Gasteiger partial charge in [0.1, 0.15) is 28.7 Å². The summed E-state index contributed by atoms with van der Waals surface area (Å²) in [5, 5.41) is 13.4. The maximum absolute atomic E-state index is 13.7. The van der Waals surface area contributed by atoms with Crippen LogP contribution in [0.15, 0.2) is 42.6 Å². The molecule has 2 heterocycles. The molecule has 0 radical (unpaired) electrons. The first-order valence-corrected chi connectivity index (χ1v) is 15.5. The zero-order chi connectivity index (χ0) is 29.0. The quantitative estimate of drug-likeness (QED) is 0.250. The summed E-state index contributed by atoms with van der Waals surface area (Å²) in [7, 11) is -2.52. The molecule has 0 aliphatic carbocycles. The highest BCUT2D eigenvalue weighted by molar-refractivity contribution is 7.99. The summed E-state index contributed by atoms with van der Waals surface area (Å²) < 4.78 is 36.5. The highest BCUT2D eigenvalue weighted by Gasteiger charge is 2.43. The fraction of sp³-hybridized carbons (Fsp3) is 0.370. The molecule has 3 aromatic rings. The Kier molecular flexibility index (Phi) is 9.35. The second kappa shape index (κ2) is 12.6. The van der Waals surface area contributed by atoms with Gasteiger partial charge in [0.15, 0.2) is 5.75 Å². The molecule has 1 aliphatic rings. The molecule has 2 amide bonds. The Morgan fingerprint density at radius 1 is 1.30 bits per heavy atom. The second-order valence-corrected chi connectivity index (χ2v) is 12.3. The standard InChI is InChI=1S/C27H31FN3O7PS/c1-4-16(2)38-39(35,36)15-30-20(32)11-13-40-27-22-21(24(33)23-19(25(22)37-3)6-5-12-29-23)26(34)31(27)14-17-7-9-18(28)10-8-17/h5-10,12,16,27,33H,4,11,13-15H2,1-3H3,(H,30,32)(H,35,36). The number of fused-ring (bicyclic) bond motifs is 2. The average molecular weight is 592 g/mol. The fourth-order valence-corrected chi connectivity index (χ4v) is 6.84. The van der Waals surface area contributed by atoms with E-state index in [2.05, 4.69) is 10.3 Å². The minimum absolute atomic E-state index is 0.0121. The number of aromatic hydroxyl groups is 1. The van der Waals surface area contributed by atoms with Crippen LogP contribution in [0.4, 0.5) is 4.39 Å². The van der Waals surface area contributed by atoms with Crippen molar-refractivity contribution >= 4 is 42.1 Å². The zero-order valence-corrected chi connectivity index (χ0v) is 24.0. The number of phenolic OH excluding ortho intramolecular Hbond substituents is 1. The third-order valence-electron chi connectivity index (χ3n) is 6.50. The largest absolute Gasteiger partial charge is 0.505 e. The third-order valence-corrected chi connectivity index (χ3v) is 9.00. The second-order valence-electron chi connectivity index (χ2n) is 9.32. The lowest BCUT2D eigenvalue weighted by Gasteiger charge is -2.26. The molecule has 0 saturated heterocycles. The van der Waals surface area contributed by atoms with Gasteiger partial charge in [-0.3, -0.25) is 19.1 Å². The van der Waals surface area contributed by atoms with Crippen molar-refractivity contribution in [3.05, 3.63) is 65.1 Å². The first-order valence-electron chi connectivity index (χ1n) is 12.7. The van der Waals surface area contributed by atoms with Crippen LogP contribution in [0.5, 0.6) is 11.5 Å². The molecule has 10 nitrogen and oxygen atoms in total. The van der Waals surface area contributed by atoms with E-state index < -0.39 is 43.0 Å². The summed E-state index contributed by atoms with van der Waals surface area (Å²) in [5.74, 6) is -0.956. The van der Waals surface area contributed by atoms with Crippen molar-refractivity contribution < 1.29 is 37.8 Å². The van der Waals surface area contributed by atoms with Gasteiger partial charge in [0.25, 0.3) is 5.91 Å². The van der Waals surface area contributed by atoms with Crippen LogP contribution in [-0.4, -0.2) is 57.0 Å². The average Bonchev–Trinajstić information content (AvgIpc) is 3.20. The van der Waals surface area contributed by atoms with Crippen molar-refractivity contribution in [2.75, 3.05) is 19.1 Å². The van der Waals surface area contributed by atoms with E-state index in [-0.39, 0.29) is 35.5 Å². The Bertz CT molecular complexity index is 1460. The topological polar surface area (TPSA) is 138 Å². The zero-order valence-electron chi connectivity index (χ0n) is 22.3. The smallest absolute Gasteiger partial charge is 0.347 e. The van der Waals surface area contributed by atoms with Crippen LogP contribution >= 0.6 is 19.4 Å². The molecule has 0 fully saturated rings. The Labute approximate surface area is 235 Å². The summed E-state index contributed by atoms with van der Waals surface area (Å²) in [5.41, 5.74) is 1.42. The van der Waals surface area contributed by atoms with Gasteiger partial charge < -0.3 is 29.5 Å². The van der Waals surface area contributed by atoms with Crippen LogP contribution in [0.25, 0.3) is 10.9 Å². The van der Waals surface area contributed by atoms with Crippen molar-refractivity contribution in [2.45, 2.75) is 44.7 Å². The molecular weight excluding hydrogens is 560 g/mol. The molecule has 2 aromatic carbocycles. The number of aromatic nitrogens is 1.